The lowest BCUT2D eigenvalue weighted by Gasteiger charge is -2.31. The van der Waals surface area contributed by atoms with Crippen LogP contribution in [0.5, 0.6) is 5.75 Å². The van der Waals surface area contributed by atoms with Gasteiger partial charge in [0, 0.05) is 18.7 Å². The number of thioether (sulfide) groups is 1. The monoisotopic (exact) mass is 413 g/mol. The van der Waals surface area contributed by atoms with Crippen LogP contribution in [0, 0.1) is 5.82 Å². The van der Waals surface area contributed by atoms with Crippen LogP contribution in [-0.2, 0) is 9.59 Å². The van der Waals surface area contributed by atoms with E-state index in [2.05, 4.69) is 16.9 Å². The summed E-state index contributed by atoms with van der Waals surface area (Å²) in [7, 11) is 1.56. The minimum absolute atomic E-state index is 0.0107. The van der Waals surface area contributed by atoms with Crippen molar-refractivity contribution in [2.45, 2.75) is 11.7 Å². The van der Waals surface area contributed by atoms with Crippen molar-refractivity contribution < 1.29 is 18.7 Å². The third-order valence-electron chi connectivity index (χ3n) is 4.17. The summed E-state index contributed by atoms with van der Waals surface area (Å²) in [6.07, 6.45) is 1.57. The molecule has 6 nitrogen and oxygen atoms in total. The Bertz CT molecular complexity index is 946. The van der Waals surface area contributed by atoms with E-state index < -0.39 is 11.1 Å². The zero-order valence-electron chi connectivity index (χ0n) is 15.8. The van der Waals surface area contributed by atoms with Gasteiger partial charge in [0.2, 0.25) is 11.8 Å². The standard InChI is InChI=1S/C21H20FN3O3S/c1-3-12-25-19(26)13-18(20(27)23-14-8-10-15(28-2)11-9-14)29-21(25)24-17-7-5-4-6-16(17)22/h3-11,18H,1,12-13H2,2H3,(H,23,27)/t18-/m0/s1. The second-order valence-corrected chi connectivity index (χ2v) is 7.34. The number of amidine groups is 1. The number of anilines is 1. The van der Waals surface area contributed by atoms with E-state index in [0.717, 1.165) is 11.8 Å². The van der Waals surface area contributed by atoms with Crippen LogP contribution in [0.2, 0.25) is 0 Å². The first-order valence-corrected chi connectivity index (χ1v) is 9.76. The number of ether oxygens (including phenoxy) is 1. The molecule has 1 heterocycles. The van der Waals surface area contributed by atoms with Gasteiger partial charge in [0.25, 0.3) is 0 Å². The second-order valence-electron chi connectivity index (χ2n) is 6.17. The van der Waals surface area contributed by atoms with Crippen LogP contribution in [-0.4, -0.2) is 40.8 Å². The lowest BCUT2D eigenvalue weighted by molar-refractivity contribution is -0.129. The van der Waals surface area contributed by atoms with Crippen molar-refractivity contribution in [1.29, 1.82) is 0 Å². The van der Waals surface area contributed by atoms with Crippen LogP contribution in [0.1, 0.15) is 6.42 Å². The van der Waals surface area contributed by atoms with Gasteiger partial charge >= 0.3 is 0 Å². The summed E-state index contributed by atoms with van der Waals surface area (Å²) in [5.41, 5.74) is 0.693. The van der Waals surface area contributed by atoms with E-state index in [0.29, 0.717) is 11.4 Å². The van der Waals surface area contributed by atoms with Gasteiger partial charge in [-0.05, 0) is 36.4 Å². The van der Waals surface area contributed by atoms with Crippen LogP contribution in [0.25, 0.3) is 0 Å². The lowest BCUT2D eigenvalue weighted by Crippen LogP contribution is -2.45. The van der Waals surface area contributed by atoms with Gasteiger partial charge < -0.3 is 10.1 Å². The summed E-state index contributed by atoms with van der Waals surface area (Å²) in [4.78, 5) is 31.0. The molecular weight excluding hydrogens is 393 g/mol. The Labute approximate surface area is 172 Å². The third kappa shape index (κ3) is 5.03. The summed E-state index contributed by atoms with van der Waals surface area (Å²) >= 11 is 1.13. The highest BCUT2D eigenvalue weighted by molar-refractivity contribution is 8.15. The minimum atomic E-state index is -0.684. The normalized spacial score (nSPS) is 17.9. The molecule has 1 aliphatic rings. The Morgan fingerprint density at radius 1 is 1.34 bits per heavy atom. The molecule has 3 rings (SSSR count). The molecule has 150 valence electrons. The summed E-state index contributed by atoms with van der Waals surface area (Å²) in [5.74, 6) is -0.428. The molecule has 2 aromatic rings. The van der Waals surface area contributed by atoms with Gasteiger partial charge in [-0.1, -0.05) is 30.0 Å². The van der Waals surface area contributed by atoms with Crippen LogP contribution in [0.3, 0.4) is 0 Å². The molecule has 1 saturated heterocycles. The first-order valence-electron chi connectivity index (χ1n) is 8.88. The number of carbonyl (C=O) groups is 2. The Morgan fingerprint density at radius 3 is 2.72 bits per heavy atom. The fourth-order valence-corrected chi connectivity index (χ4v) is 3.79. The molecule has 1 fully saturated rings. The number of aliphatic imine (C=N–C) groups is 1. The molecule has 1 atom stereocenters. The molecule has 0 aromatic heterocycles. The first-order chi connectivity index (χ1) is 14.0. The number of hydrogen-bond donors (Lipinski definition) is 1. The van der Waals surface area contributed by atoms with E-state index in [9.17, 15) is 14.0 Å². The molecule has 0 unspecified atom stereocenters. The van der Waals surface area contributed by atoms with Gasteiger partial charge in [0.05, 0.1) is 7.11 Å². The number of benzene rings is 2. The van der Waals surface area contributed by atoms with Crippen molar-refractivity contribution >= 4 is 40.1 Å². The fourth-order valence-electron chi connectivity index (χ4n) is 2.69. The van der Waals surface area contributed by atoms with Crippen molar-refractivity contribution in [2.75, 3.05) is 19.0 Å². The predicted octanol–water partition coefficient (Wildman–Crippen LogP) is 3.98. The van der Waals surface area contributed by atoms with E-state index >= 15 is 0 Å². The lowest BCUT2D eigenvalue weighted by atomic mass is 10.2. The maximum absolute atomic E-state index is 14.0. The van der Waals surface area contributed by atoms with E-state index in [1.165, 1.54) is 17.0 Å². The van der Waals surface area contributed by atoms with E-state index in [1.807, 2.05) is 0 Å². The van der Waals surface area contributed by atoms with Crippen molar-refractivity contribution in [3.8, 4) is 5.75 Å². The summed E-state index contributed by atoms with van der Waals surface area (Å²) in [6.45, 7) is 3.88. The number of nitrogens with zero attached hydrogens (tertiary/aromatic N) is 2. The largest absolute Gasteiger partial charge is 0.497 e. The van der Waals surface area contributed by atoms with Gasteiger partial charge in [0.1, 0.15) is 22.5 Å². The smallest absolute Gasteiger partial charge is 0.238 e. The van der Waals surface area contributed by atoms with Crippen molar-refractivity contribution in [3.05, 3.63) is 67.0 Å². The number of rotatable bonds is 6. The van der Waals surface area contributed by atoms with Gasteiger partial charge in [0.15, 0.2) is 5.17 Å². The number of halogens is 1. The molecule has 0 bridgehead atoms. The molecule has 29 heavy (non-hydrogen) atoms. The fraction of sp³-hybridized carbons (Fsp3) is 0.190. The summed E-state index contributed by atoms with van der Waals surface area (Å²) < 4.78 is 19.1. The summed E-state index contributed by atoms with van der Waals surface area (Å²) in [6, 6.07) is 12.9. The van der Waals surface area contributed by atoms with E-state index in [1.54, 1.807) is 49.6 Å². The number of methoxy groups -OCH3 is 1. The number of para-hydroxylation sites is 1. The van der Waals surface area contributed by atoms with Crippen LogP contribution >= 0.6 is 11.8 Å². The SMILES string of the molecule is C=CCN1C(=O)C[C@@H](C(=O)Nc2ccc(OC)cc2)SC1=Nc1ccccc1F. The number of amides is 2. The molecule has 2 amide bonds. The minimum Gasteiger partial charge on any atom is -0.497 e. The highest BCUT2D eigenvalue weighted by Crippen LogP contribution is 2.30. The highest BCUT2D eigenvalue weighted by atomic mass is 32.2. The average Bonchev–Trinajstić information content (AvgIpc) is 2.72. The third-order valence-corrected chi connectivity index (χ3v) is 5.36. The molecule has 2 aromatic carbocycles. The Kier molecular flexibility index (Phi) is 6.66. The molecule has 0 spiro atoms. The highest BCUT2D eigenvalue weighted by Gasteiger charge is 2.35. The quantitative estimate of drug-likeness (QED) is 0.727. The topological polar surface area (TPSA) is 71.0 Å². The van der Waals surface area contributed by atoms with Gasteiger partial charge in [-0.2, -0.15) is 0 Å². The number of carbonyl (C=O) groups excluding carboxylic acids is 2. The number of nitrogens with one attached hydrogen (secondary N) is 1. The van der Waals surface area contributed by atoms with Gasteiger partial charge in [-0.15, -0.1) is 6.58 Å². The van der Waals surface area contributed by atoms with Crippen LogP contribution in [0.15, 0.2) is 66.2 Å². The van der Waals surface area contributed by atoms with E-state index in [4.69, 9.17) is 4.74 Å². The molecular formula is C21H20FN3O3S. The van der Waals surface area contributed by atoms with Crippen molar-refractivity contribution in [1.82, 2.24) is 4.90 Å². The predicted molar refractivity (Wildman–Crippen MR) is 113 cm³/mol. The zero-order chi connectivity index (χ0) is 20.8. The Balaban J connectivity index is 1.81. The summed E-state index contributed by atoms with van der Waals surface area (Å²) in [5, 5.41) is 2.37. The molecule has 0 saturated carbocycles. The Hall–Kier alpha value is -3.13. The molecule has 0 aliphatic carbocycles. The van der Waals surface area contributed by atoms with Crippen molar-refractivity contribution in [3.63, 3.8) is 0 Å². The number of hydrogen-bond acceptors (Lipinski definition) is 5. The van der Waals surface area contributed by atoms with E-state index in [-0.39, 0.29) is 35.6 Å². The van der Waals surface area contributed by atoms with Gasteiger partial charge in [-0.3, -0.25) is 14.5 Å². The first kappa shape index (κ1) is 20.6. The van der Waals surface area contributed by atoms with Crippen LogP contribution < -0.4 is 10.1 Å². The average molecular weight is 413 g/mol. The maximum Gasteiger partial charge on any atom is 0.238 e. The van der Waals surface area contributed by atoms with Crippen LogP contribution in [0.4, 0.5) is 15.8 Å². The zero-order valence-corrected chi connectivity index (χ0v) is 16.6. The Morgan fingerprint density at radius 2 is 2.07 bits per heavy atom. The van der Waals surface area contributed by atoms with Crippen molar-refractivity contribution in [2.24, 2.45) is 4.99 Å². The van der Waals surface area contributed by atoms with Gasteiger partial charge in [-0.25, -0.2) is 9.38 Å². The second kappa shape index (κ2) is 9.38. The molecule has 1 aliphatic heterocycles. The molecule has 8 heteroatoms. The molecule has 1 N–H and O–H groups in total. The molecule has 0 radical (unpaired) electrons. The maximum atomic E-state index is 14.0.